The highest BCUT2D eigenvalue weighted by molar-refractivity contribution is 6.47. The molecule has 0 aliphatic carbocycles. The average molecular weight is 668 g/mol. The molecule has 2 aromatic carbocycles. The van der Waals surface area contributed by atoms with Gasteiger partial charge in [-0.1, -0.05) is 75.2 Å². The molecule has 0 bridgehead atoms. The quantitative estimate of drug-likeness (QED) is 0.242. The van der Waals surface area contributed by atoms with Crippen molar-refractivity contribution in [2.24, 2.45) is 16.3 Å². The van der Waals surface area contributed by atoms with Crippen LogP contribution in [0.25, 0.3) is 0 Å². The van der Waals surface area contributed by atoms with Gasteiger partial charge in [0, 0.05) is 47.1 Å². The van der Waals surface area contributed by atoms with E-state index in [2.05, 4.69) is 65.5 Å². The highest BCUT2D eigenvalue weighted by Crippen LogP contribution is 2.45. The van der Waals surface area contributed by atoms with Gasteiger partial charge in [0.15, 0.2) is 5.82 Å². The first-order chi connectivity index (χ1) is 21.8. The Hall–Kier alpha value is -3.34. The van der Waals surface area contributed by atoms with Gasteiger partial charge in [-0.3, -0.25) is 14.6 Å². The minimum Gasteiger partial charge on any atom is -0.345 e. The van der Waals surface area contributed by atoms with Gasteiger partial charge in [0.2, 0.25) is 0 Å². The lowest BCUT2D eigenvalue weighted by atomic mass is 9.84. The first kappa shape index (κ1) is 34.0. The molecule has 2 N–H and O–H groups in total. The summed E-state index contributed by atoms with van der Waals surface area (Å²) in [6.45, 7) is 14.0. The monoisotopic (exact) mass is 666 g/mol. The predicted octanol–water partition coefficient (Wildman–Crippen LogP) is 6.47. The molecule has 1 saturated heterocycles. The van der Waals surface area contributed by atoms with Gasteiger partial charge in [-0.05, 0) is 73.0 Å². The van der Waals surface area contributed by atoms with Crippen molar-refractivity contribution in [1.82, 2.24) is 35.7 Å². The Bertz CT molecular complexity index is 1520. The minimum atomic E-state index is -0.696. The summed E-state index contributed by atoms with van der Waals surface area (Å²) in [7, 11) is 0. The molecule has 1 spiro atoms. The Morgan fingerprint density at radius 1 is 1.04 bits per heavy atom. The summed E-state index contributed by atoms with van der Waals surface area (Å²) >= 11 is 12.8. The number of rotatable bonds is 11. The summed E-state index contributed by atoms with van der Waals surface area (Å²) in [6.07, 6.45) is 4.24. The number of carbonyl (C=O) groups excluding carboxylic acids is 2. The number of hydrogen-bond acceptors (Lipinski definition) is 7. The topological polar surface area (TPSA) is 119 Å². The fourth-order valence-corrected chi connectivity index (χ4v) is 6.77. The second-order valence-corrected chi connectivity index (χ2v) is 14.9. The maximum absolute atomic E-state index is 14.6. The number of aromatic nitrogens is 4. The molecule has 5 rings (SSSR count). The standard InChI is InChI=1S/C34H44Cl2N8O2/c1-22(2)11-15-43-16-13-34(14-17-43)38-30(25-18-26(35)20-27(36)19-25)32(46)44(34)28(10-12-33(3,4)5)23-6-8-24(9-7-23)31(45)37-21-29-39-41-42-40-29/h6-9,18-20,22,28H,10-17,21H2,1-5H3,(H,37,45)(H,39,40,41,42)/t28-/m1/s1. The number of benzene rings is 2. The third-order valence-corrected chi connectivity index (χ3v) is 9.28. The van der Waals surface area contributed by atoms with Gasteiger partial charge in [0.1, 0.15) is 11.4 Å². The van der Waals surface area contributed by atoms with Gasteiger partial charge < -0.3 is 15.1 Å². The number of tetrazole rings is 1. The first-order valence-electron chi connectivity index (χ1n) is 16.1. The molecule has 246 valence electrons. The van der Waals surface area contributed by atoms with Crippen LogP contribution in [0.4, 0.5) is 0 Å². The number of nitrogens with one attached hydrogen (secondary N) is 2. The molecule has 2 aliphatic heterocycles. The van der Waals surface area contributed by atoms with E-state index >= 15 is 0 Å². The fourth-order valence-electron chi connectivity index (χ4n) is 6.24. The maximum atomic E-state index is 14.6. The van der Waals surface area contributed by atoms with E-state index in [4.69, 9.17) is 28.2 Å². The molecule has 10 nitrogen and oxygen atoms in total. The SMILES string of the molecule is CC(C)CCN1CCC2(CC1)N=C(c1cc(Cl)cc(Cl)c1)C(=O)N2[C@H](CCC(C)(C)C)c1ccc(C(=O)NCc2nn[nH]n2)cc1. The van der Waals surface area contributed by atoms with Crippen LogP contribution in [-0.4, -0.2) is 73.2 Å². The molecule has 1 fully saturated rings. The van der Waals surface area contributed by atoms with Crippen LogP contribution in [0.15, 0.2) is 47.5 Å². The van der Waals surface area contributed by atoms with Gasteiger partial charge in [-0.2, -0.15) is 5.21 Å². The van der Waals surface area contributed by atoms with Crippen molar-refractivity contribution < 1.29 is 9.59 Å². The van der Waals surface area contributed by atoms with E-state index in [-0.39, 0.29) is 29.8 Å². The third-order valence-electron chi connectivity index (χ3n) is 8.84. The summed E-state index contributed by atoms with van der Waals surface area (Å²) in [5.41, 5.74) is 1.86. The van der Waals surface area contributed by atoms with E-state index in [0.717, 1.165) is 57.3 Å². The second-order valence-electron chi connectivity index (χ2n) is 14.0. The molecule has 46 heavy (non-hydrogen) atoms. The number of halogens is 2. The Morgan fingerprint density at radius 3 is 2.30 bits per heavy atom. The number of carbonyl (C=O) groups is 2. The number of aliphatic imine (C=N–C) groups is 1. The number of amides is 2. The zero-order valence-electron chi connectivity index (χ0n) is 27.3. The molecule has 0 unspecified atom stereocenters. The van der Waals surface area contributed by atoms with Crippen LogP contribution < -0.4 is 5.32 Å². The fraction of sp³-hybridized carbons (Fsp3) is 0.529. The summed E-state index contributed by atoms with van der Waals surface area (Å²) < 4.78 is 0. The summed E-state index contributed by atoms with van der Waals surface area (Å²) in [5, 5.41) is 17.4. The molecule has 1 aromatic heterocycles. The van der Waals surface area contributed by atoms with Crippen LogP contribution in [0, 0.1) is 11.3 Å². The largest absolute Gasteiger partial charge is 0.345 e. The molecular weight excluding hydrogens is 623 g/mol. The maximum Gasteiger partial charge on any atom is 0.275 e. The Morgan fingerprint density at radius 2 is 1.72 bits per heavy atom. The predicted molar refractivity (Wildman–Crippen MR) is 181 cm³/mol. The van der Waals surface area contributed by atoms with Crippen molar-refractivity contribution in [3.8, 4) is 0 Å². The molecule has 3 heterocycles. The lowest BCUT2D eigenvalue weighted by Gasteiger charge is -2.46. The van der Waals surface area contributed by atoms with Crippen LogP contribution in [0.3, 0.4) is 0 Å². The van der Waals surface area contributed by atoms with E-state index in [1.807, 2.05) is 29.2 Å². The van der Waals surface area contributed by atoms with E-state index in [0.29, 0.717) is 38.6 Å². The highest BCUT2D eigenvalue weighted by Gasteiger charge is 2.51. The third kappa shape index (κ3) is 8.14. The normalized spacial score (nSPS) is 17.5. The first-order valence-corrected chi connectivity index (χ1v) is 16.8. The van der Waals surface area contributed by atoms with Crippen LogP contribution in [-0.2, 0) is 11.3 Å². The Balaban J connectivity index is 1.48. The van der Waals surface area contributed by atoms with Gasteiger partial charge in [-0.15, -0.1) is 10.2 Å². The lowest BCUT2D eigenvalue weighted by molar-refractivity contribution is -0.133. The van der Waals surface area contributed by atoms with E-state index in [9.17, 15) is 9.59 Å². The highest BCUT2D eigenvalue weighted by atomic mass is 35.5. The summed E-state index contributed by atoms with van der Waals surface area (Å²) in [6, 6.07) is 12.5. The van der Waals surface area contributed by atoms with Crippen LogP contribution in [0.5, 0.6) is 0 Å². The average Bonchev–Trinajstić information content (AvgIpc) is 3.62. The van der Waals surface area contributed by atoms with Crippen LogP contribution >= 0.6 is 23.2 Å². The van der Waals surface area contributed by atoms with Crippen molar-refractivity contribution in [2.45, 2.75) is 85.0 Å². The number of likely N-dealkylation sites (tertiary alicyclic amines) is 1. The number of piperidine rings is 1. The lowest BCUT2D eigenvalue weighted by Crippen LogP contribution is -2.55. The van der Waals surface area contributed by atoms with Crippen molar-refractivity contribution in [3.05, 3.63) is 75.0 Å². The minimum absolute atomic E-state index is 0.0492. The molecule has 2 amide bonds. The zero-order chi connectivity index (χ0) is 33.1. The van der Waals surface area contributed by atoms with Crippen LogP contribution in [0.2, 0.25) is 10.0 Å². The number of hydrogen-bond donors (Lipinski definition) is 2. The smallest absolute Gasteiger partial charge is 0.275 e. The number of H-pyrrole nitrogens is 1. The molecule has 0 radical (unpaired) electrons. The van der Waals surface area contributed by atoms with Crippen molar-refractivity contribution in [3.63, 3.8) is 0 Å². The van der Waals surface area contributed by atoms with E-state index < -0.39 is 5.66 Å². The summed E-state index contributed by atoms with van der Waals surface area (Å²) in [5.74, 6) is 0.670. The van der Waals surface area contributed by atoms with Crippen molar-refractivity contribution in [2.75, 3.05) is 19.6 Å². The number of nitrogens with zero attached hydrogens (tertiary/aromatic N) is 6. The molecule has 3 aromatic rings. The second kappa shape index (κ2) is 14.2. The number of aromatic amines is 1. The molecular formula is C34H44Cl2N8O2. The molecule has 0 saturated carbocycles. The summed E-state index contributed by atoms with van der Waals surface area (Å²) in [4.78, 5) is 37.3. The molecule has 1 atom stereocenters. The van der Waals surface area contributed by atoms with Gasteiger partial charge in [0.05, 0.1) is 12.6 Å². The molecule has 12 heteroatoms. The Kier molecular flexibility index (Phi) is 10.5. The van der Waals surface area contributed by atoms with Crippen molar-refractivity contribution in [1.29, 1.82) is 0 Å². The molecule has 2 aliphatic rings. The van der Waals surface area contributed by atoms with Crippen LogP contribution in [0.1, 0.15) is 100 Å². The van der Waals surface area contributed by atoms with E-state index in [1.165, 1.54) is 0 Å². The zero-order valence-corrected chi connectivity index (χ0v) is 28.8. The van der Waals surface area contributed by atoms with Crippen molar-refractivity contribution >= 4 is 40.7 Å². The van der Waals surface area contributed by atoms with Gasteiger partial charge in [0.25, 0.3) is 11.8 Å². The Labute approximate surface area is 281 Å². The van der Waals surface area contributed by atoms with Gasteiger partial charge >= 0.3 is 0 Å². The van der Waals surface area contributed by atoms with E-state index in [1.54, 1.807) is 18.2 Å². The van der Waals surface area contributed by atoms with Gasteiger partial charge in [-0.25, -0.2) is 0 Å².